The highest BCUT2D eigenvalue weighted by atomic mass is 16.3. The maximum atomic E-state index is 11.5. The average molecular weight is 296 g/mol. The van der Waals surface area contributed by atoms with Crippen molar-refractivity contribution >= 4 is 0 Å². The number of aliphatic hydroxyl groups is 1. The van der Waals surface area contributed by atoms with Gasteiger partial charge in [0.05, 0.1) is 5.66 Å². The number of hydrogen-bond donors (Lipinski definition) is 3. The highest BCUT2D eigenvalue weighted by Gasteiger charge is 2.36. The number of nitrogens with one attached hydrogen (secondary N) is 2. The lowest BCUT2D eigenvalue weighted by Crippen LogP contribution is -2.47. The van der Waals surface area contributed by atoms with Gasteiger partial charge in [0.2, 0.25) is 0 Å². The van der Waals surface area contributed by atoms with Gasteiger partial charge in [-0.1, -0.05) is 60.7 Å². The van der Waals surface area contributed by atoms with E-state index in [1.807, 2.05) is 60.7 Å². The smallest absolute Gasteiger partial charge is 0.115 e. The molecule has 0 atom stereocenters. The molecule has 1 fully saturated rings. The Morgan fingerprint density at radius 1 is 0.909 bits per heavy atom. The van der Waals surface area contributed by atoms with E-state index in [2.05, 4.69) is 17.6 Å². The zero-order valence-electron chi connectivity index (χ0n) is 13.0. The van der Waals surface area contributed by atoms with Gasteiger partial charge in [0.1, 0.15) is 5.60 Å². The van der Waals surface area contributed by atoms with Crippen LogP contribution in [0.3, 0.4) is 0 Å². The summed E-state index contributed by atoms with van der Waals surface area (Å²) in [4.78, 5) is 0. The third-order valence-corrected chi connectivity index (χ3v) is 4.64. The van der Waals surface area contributed by atoms with Crippen LogP contribution in [-0.4, -0.2) is 23.9 Å². The SMILES string of the molecule is CC1(CCC(O)(c2ccccc2)c2ccccc2)NCCN1. The van der Waals surface area contributed by atoms with Crippen molar-refractivity contribution in [2.45, 2.75) is 31.0 Å². The Labute approximate surface area is 132 Å². The van der Waals surface area contributed by atoms with Gasteiger partial charge in [0, 0.05) is 13.1 Å². The Hall–Kier alpha value is -1.68. The van der Waals surface area contributed by atoms with E-state index in [1.54, 1.807) is 0 Å². The van der Waals surface area contributed by atoms with Gasteiger partial charge in [-0.2, -0.15) is 0 Å². The van der Waals surface area contributed by atoms with E-state index in [9.17, 15) is 5.11 Å². The maximum absolute atomic E-state index is 11.5. The molecule has 1 aliphatic heterocycles. The molecule has 3 heteroatoms. The predicted molar refractivity (Wildman–Crippen MR) is 89.5 cm³/mol. The second kappa shape index (κ2) is 6.21. The second-order valence-corrected chi connectivity index (χ2v) is 6.28. The molecule has 0 saturated carbocycles. The van der Waals surface area contributed by atoms with Gasteiger partial charge in [-0.3, -0.25) is 10.6 Å². The first-order chi connectivity index (χ1) is 10.6. The molecular weight excluding hydrogens is 272 g/mol. The van der Waals surface area contributed by atoms with Crippen LogP contribution >= 0.6 is 0 Å². The van der Waals surface area contributed by atoms with Crippen LogP contribution < -0.4 is 10.6 Å². The molecule has 3 N–H and O–H groups in total. The van der Waals surface area contributed by atoms with Crippen molar-refractivity contribution in [3.63, 3.8) is 0 Å². The Bertz CT molecular complexity index is 552. The summed E-state index contributed by atoms with van der Waals surface area (Å²) in [7, 11) is 0. The maximum Gasteiger partial charge on any atom is 0.115 e. The van der Waals surface area contributed by atoms with Crippen LogP contribution in [0, 0.1) is 0 Å². The number of rotatable bonds is 5. The fourth-order valence-corrected chi connectivity index (χ4v) is 3.23. The van der Waals surface area contributed by atoms with Crippen LogP contribution in [0.15, 0.2) is 60.7 Å². The molecule has 0 radical (unpaired) electrons. The van der Waals surface area contributed by atoms with Crippen molar-refractivity contribution in [3.8, 4) is 0 Å². The average Bonchev–Trinajstić information content (AvgIpc) is 3.01. The van der Waals surface area contributed by atoms with Crippen molar-refractivity contribution in [1.29, 1.82) is 0 Å². The van der Waals surface area contributed by atoms with Gasteiger partial charge in [-0.05, 0) is 30.9 Å². The lowest BCUT2D eigenvalue weighted by atomic mass is 9.81. The summed E-state index contributed by atoms with van der Waals surface area (Å²) in [6.45, 7) is 4.12. The lowest BCUT2D eigenvalue weighted by molar-refractivity contribution is 0.0587. The molecule has 116 valence electrons. The van der Waals surface area contributed by atoms with E-state index >= 15 is 0 Å². The molecule has 3 rings (SSSR count). The quantitative estimate of drug-likeness (QED) is 0.795. The van der Waals surface area contributed by atoms with E-state index in [4.69, 9.17) is 0 Å². The summed E-state index contributed by atoms with van der Waals surface area (Å²) >= 11 is 0. The van der Waals surface area contributed by atoms with E-state index < -0.39 is 5.60 Å². The van der Waals surface area contributed by atoms with Crippen LogP contribution in [0.1, 0.15) is 30.9 Å². The Morgan fingerprint density at radius 2 is 1.36 bits per heavy atom. The van der Waals surface area contributed by atoms with Crippen molar-refractivity contribution in [3.05, 3.63) is 71.8 Å². The molecule has 22 heavy (non-hydrogen) atoms. The van der Waals surface area contributed by atoms with Gasteiger partial charge in [-0.25, -0.2) is 0 Å². The summed E-state index contributed by atoms with van der Waals surface area (Å²) in [5.41, 5.74) is 0.834. The van der Waals surface area contributed by atoms with Crippen LogP contribution in [0.2, 0.25) is 0 Å². The van der Waals surface area contributed by atoms with Crippen molar-refractivity contribution in [1.82, 2.24) is 10.6 Å². The normalized spacial score (nSPS) is 17.5. The van der Waals surface area contributed by atoms with Gasteiger partial charge in [-0.15, -0.1) is 0 Å². The highest BCUT2D eigenvalue weighted by molar-refractivity contribution is 5.35. The van der Waals surface area contributed by atoms with Gasteiger partial charge in [0.25, 0.3) is 0 Å². The summed E-state index contributed by atoms with van der Waals surface area (Å²) < 4.78 is 0. The molecule has 2 aromatic carbocycles. The zero-order valence-corrected chi connectivity index (χ0v) is 13.0. The first-order valence-electron chi connectivity index (χ1n) is 7.96. The predicted octanol–water partition coefficient (Wildman–Crippen LogP) is 2.61. The molecule has 1 heterocycles. The van der Waals surface area contributed by atoms with Crippen LogP contribution in [0.5, 0.6) is 0 Å². The van der Waals surface area contributed by atoms with Gasteiger partial charge < -0.3 is 5.11 Å². The third-order valence-electron chi connectivity index (χ3n) is 4.64. The van der Waals surface area contributed by atoms with Gasteiger partial charge >= 0.3 is 0 Å². The summed E-state index contributed by atoms with van der Waals surface area (Å²) in [6.07, 6.45) is 1.52. The summed E-state index contributed by atoms with van der Waals surface area (Å²) in [5.74, 6) is 0. The monoisotopic (exact) mass is 296 g/mol. The van der Waals surface area contributed by atoms with Crippen LogP contribution in [0.4, 0.5) is 0 Å². The zero-order chi connectivity index (χ0) is 15.5. The molecule has 0 bridgehead atoms. The molecule has 0 aromatic heterocycles. The Kier molecular flexibility index (Phi) is 4.30. The lowest BCUT2D eigenvalue weighted by Gasteiger charge is -2.34. The van der Waals surface area contributed by atoms with E-state index in [0.717, 1.165) is 30.6 Å². The molecular formula is C19H24N2O. The van der Waals surface area contributed by atoms with E-state index in [0.29, 0.717) is 6.42 Å². The third kappa shape index (κ3) is 3.07. The Morgan fingerprint density at radius 3 is 1.82 bits per heavy atom. The van der Waals surface area contributed by atoms with E-state index in [-0.39, 0.29) is 5.66 Å². The fourth-order valence-electron chi connectivity index (χ4n) is 3.23. The summed E-state index contributed by atoms with van der Waals surface area (Å²) in [5, 5.41) is 18.4. The van der Waals surface area contributed by atoms with Crippen LogP contribution in [-0.2, 0) is 5.60 Å². The van der Waals surface area contributed by atoms with Crippen molar-refractivity contribution < 1.29 is 5.11 Å². The first kappa shape index (κ1) is 15.2. The molecule has 2 aromatic rings. The van der Waals surface area contributed by atoms with Crippen molar-refractivity contribution in [2.75, 3.05) is 13.1 Å². The topological polar surface area (TPSA) is 44.3 Å². The first-order valence-corrected chi connectivity index (χ1v) is 7.96. The Balaban J connectivity index is 1.90. The largest absolute Gasteiger partial charge is 0.380 e. The van der Waals surface area contributed by atoms with Crippen molar-refractivity contribution in [2.24, 2.45) is 0 Å². The van der Waals surface area contributed by atoms with Gasteiger partial charge in [0.15, 0.2) is 0 Å². The molecule has 0 aliphatic carbocycles. The minimum atomic E-state index is -0.961. The second-order valence-electron chi connectivity index (χ2n) is 6.28. The molecule has 0 amide bonds. The molecule has 3 nitrogen and oxygen atoms in total. The molecule has 1 saturated heterocycles. The fraction of sp³-hybridized carbons (Fsp3) is 0.368. The summed E-state index contributed by atoms with van der Waals surface area (Å²) in [6, 6.07) is 19.9. The number of benzene rings is 2. The number of hydrogen-bond acceptors (Lipinski definition) is 3. The minimum absolute atomic E-state index is 0.0997. The standard InChI is InChI=1S/C19H24N2O/c1-18(20-14-15-21-18)12-13-19(22,16-8-4-2-5-9-16)17-10-6-3-7-11-17/h2-11,20-22H,12-15H2,1H3. The molecule has 1 aliphatic rings. The van der Waals surface area contributed by atoms with Crippen LogP contribution in [0.25, 0.3) is 0 Å². The highest BCUT2D eigenvalue weighted by Crippen LogP contribution is 2.35. The minimum Gasteiger partial charge on any atom is -0.380 e. The molecule has 0 spiro atoms. The molecule has 0 unspecified atom stereocenters. The van der Waals surface area contributed by atoms with E-state index in [1.165, 1.54) is 0 Å².